The number of nitrogens with one attached hydrogen (secondary N) is 3. The molecule has 13 nitrogen and oxygen atoms in total. The molecule has 2 aromatic rings. The van der Waals surface area contributed by atoms with Crippen LogP contribution >= 0.6 is 0 Å². The fourth-order valence-corrected chi connectivity index (χ4v) is 3.54. The quantitative estimate of drug-likeness (QED) is 0.115. The van der Waals surface area contributed by atoms with Gasteiger partial charge in [0.1, 0.15) is 6.61 Å². The number of esters is 1. The van der Waals surface area contributed by atoms with Crippen molar-refractivity contribution in [2.45, 2.75) is 26.1 Å². The average Bonchev–Trinajstić information content (AvgIpc) is 2.87. The summed E-state index contributed by atoms with van der Waals surface area (Å²) >= 11 is 0. The van der Waals surface area contributed by atoms with Crippen LogP contribution in [0.5, 0.6) is 11.5 Å². The van der Waals surface area contributed by atoms with Crippen LogP contribution in [0.15, 0.2) is 58.8 Å². The van der Waals surface area contributed by atoms with E-state index < -0.39 is 29.2 Å². The van der Waals surface area contributed by atoms with Crippen LogP contribution in [-0.2, 0) is 9.53 Å². The van der Waals surface area contributed by atoms with Crippen LogP contribution in [0.4, 0.5) is 10.5 Å². The molecular formula is C24H27N5O8. The van der Waals surface area contributed by atoms with Crippen LogP contribution < -0.4 is 25.5 Å². The Morgan fingerprint density at radius 2 is 2.05 bits per heavy atom. The van der Waals surface area contributed by atoms with Crippen molar-refractivity contribution in [2.75, 3.05) is 20.3 Å². The van der Waals surface area contributed by atoms with Crippen LogP contribution in [0.1, 0.15) is 31.0 Å². The van der Waals surface area contributed by atoms with Gasteiger partial charge in [0.25, 0.3) is 5.69 Å². The molecule has 0 bridgehead atoms. The average molecular weight is 514 g/mol. The van der Waals surface area contributed by atoms with Gasteiger partial charge < -0.3 is 30.0 Å². The van der Waals surface area contributed by atoms with Gasteiger partial charge in [0.05, 0.1) is 36.5 Å². The number of methoxy groups -OCH3 is 1. The second kappa shape index (κ2) is 12.4. The van der Waals surface area contributed by atoms with E-state index in [2.05, 4.69) is 21.2 Å². The molecule has 0 unspecified atom stereocenters. The van der Waals surface area contributed by atoms with E-state index in [1.807, 2.05) is 0 Å². The highest BCUT2D eigenvalue weighted by Gasteiger charge is 2.32. The number of aliphatic hydroxyl groups excluding tert-OH is 1. The van der Waals surface area contributed by atoms with E-state index in [4.69, 9.17) is 14.2 Å². The third-order valence-electron chi connectivity index (χ3n) is 5.19. The van der Waals surface area contributed by atoms with Crippen LogP contribution in [-0.4, -0.2) is 54.8 Å². The minimum absolute atomic E-state index is 0.0758. The monoisotopic (exact) mass is 513 g/mol. The van der Waals surface area contributed by atoms with Gasteiger partial charge in [-0.05, 0) is 31.5 Å². The zero-order chi connectivity index (χ0) is 26.9. The number of amides is 2. The lowest BCUT2D eigenvalue weighted by Gasteiger charge is -2.28. The zero-order valence-electron chi connectivity index (χ0n) is 20.4. The predicted molar refractivity (Wildman–Crippen MR) is 132 cm³/mol. The number of non-ortho nitro benzene ring substituents is 1. The van der Waals surface area contributed by atoms with Gasteiger partial charge in [0.15, 0.2) is 17.7 Å². The van der Waals surface area contributed by atoms with E-state index in [0.29, 0.717) is 34.9 Å². The largest absolute Gasteiger partial charge is 0.490 e. The number of urea groups is 1. The van der Waals surface area contributed by atoms with Gasteiger partial charge >= 0.3 is 12.0 Å². The summed E-state index contributed by atoms with van der Waals surface area (Å²) in [6.07, 6.45) is 0.127. The molecule has 1 aliphatic rings. The summed E-state index contributed by atoms with van der Waals surface area (Å²) < 4.78 is 16.2. The second-order valence-corrected chi connectivity index (χ2v) is 7.77. The summed E-state index contributed by atoms with van der Waals surface area (Å²) in [5.41, 5.74) is 4.06. The third kappa shape index (κ3) is 6.95. The molecule has 0 saturated heterocycles. The number of rotatable bonds is 11. The molecule has 1 aliphatic heterocycles. The van der Waals surface area contributed by atoms with Gasteiger partial charge in [0, 0.05) is 23.4 Å². The molecule has 0 aliphatic carbocycles. The predicted octanol–water partition coefficient (Wildman–Crippen LogP) is 2.12. The molecule has 37 heavy (non-hydrogen) atoms. The van der Waals surface area contributed by atoms with Crippen LogP contribution in [0.25, 0.3) is 0 Å². The van der Waals surface area contributed by atoms with Crippen molar-refractivity contribution in [3.05, 3.63) is 75.0 Å². The molecular weight excluding hydrogens is 486 g/mol. The normalized spacial score (nSPS) is 16.0. The van der Waals surface area contributed by atoms with Crippen molar-refractivity contribution >= 4 is 23.9 Å². The maximum Gasteiger partial charge on any atom is 0.337 e. The number of benzene rings is 2. The number of nitro groups is 1. The first kappa shape index (κ1) is 26.9. The molecule has 1 heterocycles. The molecule has 0 fully saturated rings. The highest BCUT2D eigenvalue weighted by Crippen LogP contribution is 2.34. The Morgan fingerprint density at radius 3 is 2.76 bits per heavy atom. The van der Waals surface area contributed by atoms with Gasteiger partial charge in [-0.3, -0.25) is 15.5 Å². The van der Waals surface area contributed by atoms with E-state index in [1.165, 1.54) is 31.5 Å². The first-order valence-electron chi connectivity index (χ1n) is 11.2. The van der Waals surface area contributed by atoms with Gasteiger partial charge in [0.2, 0.25) is 0 Å². The topological polar surface area (TPSA) is 174 Å². The number of aliphatic hydroxyl groups is 1. The number of carbonyl (C=O) groups is 2. The first-order chi connectivity index (χ1) is 17.7. The van der Waals surface area contributed by atoms with E-state index >= 15 is 0 Å². The molecule has 2 amide bonds. The van der Waals surface area contributed by atoms with E-state index in [-0.39, 0.29) is 17.9 Å². The van der Waals surface area contributed by atoms with Crippen molar-refractivity contribution in [3.8, 4) is 11.5 Å². The Morgan fingerprint density at radius 1 is 1.27 bits per heavy atom. The zero-order valence-corrected chi connectivity index (χ0v) is 20.4. The lowest BCUT2D eigenvalue weighted by atomic mass is 9.95. The molecule has 2 aromatic carbocycles. The van der Waals surface area contributed by atoms with Gasteiger partial charge in [-0.2, -0.15) is 5.10 Å². The molecule has 196 valence electrons. The number of carbonyl (C=O) groups excluding carboxylic acids is 2. The highest BCUT2D eigenvalue weighted by atomic mass is 16.6. The molecule has 4 N–H and O–H groups in total. The number of nitrogens with zero attached hydrogens (tertiary/aromatic N) is 2. The van der Waals surface area contributed by atoms with Gasteiger partial charge in [-0.1, -0.05) is 18.2 Å². The van der Waals surface area contributed by atoms with E-state index in [0.717, 1.165) is 0 Å². The molecule has 0 spiro atoms. The maximum absolute atomic E-state index is 12.3. The standard InChI is InChI=1S/C24H27N5O8/c1-4-36-19-11-16(22-21(23(31)35-3)14(2)26-24(32)27-22)8-9-18(19)37-13-20(30)28-25-12-15-6-5-7-17(10-15)29(33)34/h5-12,20,22,28,30H,4,13H2,1-3H3,(H2,26,27,32)/b25-12-/t20-,22+/m0/s1. The lowest BCUT2D eigenvalue weighted by molar-refractivity contribution is -0.384. The molecule has 13 heteroatoms. The summed E-state index contributed by atoms with van der Waals surface area (Å²) in [6, 6.07) is 9.51. The summed E-state index contributed by atoms with van der Waals surface area (Å²) in [4.78, 5) is 34.7. The lowest BCUT2D eigenvalue weighted by Crippen LogP contribution is -2.45. The van der Waals surface area contributed by atoms with Crippen LogP contribution in [0, 0.1) is 10.1 Å². The minimum Gasteiger partial charge on any atom is -0.490 e. The summed E-state index contributed by atoms with van der Waals surface area (Å²) in [5.74, 6) is 0.0600. The summed E-state index contributed by atoms with van der Waals surface area (Å²) in [7, 11) is 1.26. The Kier molecular flexibility index (Phi) is 9.00. The summed E-state index contributed by atoms with van der Waals surface area (Å²) in [5, 5.41) is 30.2. The molecule has 2 atom stereocenters. The molecule has 0 aromatic heterocycles. The van der Waals surface area contributed by atoms with Crippen LogP contribution in [0.3, 0.4) is 0 Å². The van der Waals surface area contributed by atoms with E-state index in [1.54, 1.807) is 38.1 Å². The summed E-state index contributed by atoms with van der Waals surface area (Å²) in [6.45, 7) is 3.49. The molecule has 0 radical (unpaired) electrons. The number of hydrogen-bond donors (Lipinski definition) is 4. The van der Waals surface area contributed by atoms with Crippen molar-refractivity contribution in [1.82, 2.24) is 16.1 Å². The fraction of sp³-hybridized carbons (Fsp3) is 0.292. The number of nitro benzene ring substituents is 1. The number of hydrazone groups is 1. The van der Waals surface area contributed by atoms with Crippen molar-refractivity contribution in [2.24, 2.45) is 5.10 Å². The number of hydrogen-bond acceptors (Lipinski definition) is 10. The SMILES string of the molecule is CCOc1cc([C@H]2NC(=O)NC(C)=C2C(=O)OC)ccc1OC[C@H](O)N/N=C\c1cccc([N+](=O)[O-])c1. The Hall–Kier alpha value is -4.65. The van der Waals surface area contributed by atoms with Gasteiger partial charge in [-0.25, -0.2) is 9.59 Å². The first-order valence-corrected chi connectivity index (χ1v) is 11.2. The Bertz CT molecular complexity index is 1230. The van der Waals surface area contributed by atoms with Crippen molar-refractivity contribution in [1.29, 1.82) is 0 Å². The maximum atomic E-state index is 12.3. The smallest absolute Gasteiger partial charge is 0.337 e. The third-order valence-corrected chi connectivity index (χ3v) is 5.19. The number of ether oxygens (including phenoxy) is 3. The van der Waals surface area contributed by atoms with Crippen molar-refractivity contribution in [3.63, 3.8) is 0 Å². The highest BCUT2D eigenvalue weighted by molar-refractivity contribution is 5.95. The van der Waals surface area contributed by atoms with Gasteiger partial charge in [-0.15, -0.1) is 0 Å². The Balaban J connectivity index is 1.70. The fourth-order valence-electron chi connectivity index (χ4n) is 3.54. The molecule has 3 rings (SSSR count). The molecule has 0 saturated carbocycles. The Labute approximate surface area is 212 Å². The second-order valence-electron chi connectivity index (χ2n) is 7.77. The van der Waals surface area contributed by atoms with E-state index in [9.17, 15) is 24.8 Å². The van der Waals surface area contributed by atoms with Crippen molar-refractivity contribution < 1.29 is 33.8 Å². The number of allylic oxidation sites excluding steroid dienone is 1. The van der Waals surface area contributed by atoms with Crippen LogP contribution in [0.2, 0.25) is 0 Å². The minimum atomic E-state index is -1.20.